The first-order chi connectivity index (χ1) is 13.8. The summed E-state index contributed by atoms with van der Waals surface area (Å²) in [5.41, 5.74) is -0.752. The highest BCUT2D eigenvalue weighted by Gasteiger charge is 2.33. The minimum atomic E-state index is -4.70. The van der Waals surface area contributed by atoms with E-state index in [0.29, 0.717) is 0 Å². The number of hydrogen-bond acceptors (Lipinski definition) is 6. The second-order valence-corrected chi connectivity index (χ2v) is 6.88. The molecule has 162 valence electrons. The van der Waals surface area contributed by atoms with Crippen LogP contribution in [0.3, 0.4) is 0 Å². The summed E-state index contributed by atoms with van der Waals surface area (Å²) in [5, 5.41) is 14.7. The van der Waals surface area contributed by atoms with Crippen molar-refractivity contribution in [3.63, 3.8) is 0 Å². The van der Waals surface area contributed by atoms with Gasteiger partial charge in [-0.2, -0.15) is 13.2 Å². The molecule has 3 amide bonds. The number of rotatable bonds is 4. The van der Waals surface area contributed by atoms with Crippen LogP contribution in [0.2, 0.25) is 0 Å². The van der Waals surface area contributed by atoms with Crippen molar-refractivity contribution < 1.29 is 31.9 Å². The van der Waals surface area contributed by atoms with Gasteiger partial charge in [-0.15, -0.1) is 0 Å². The van der Waals surface area contributed by atoms with Crippen LogP contribution in [0.5, 0.6) is 0 Å². The number of carbonyl (C=O) groups excluding carboxylic acids is 3. The molecule has 1 heterocycles. The number of nitrogens with one attached hydrogen (secondary N) is 2. The molecule has 0 spiro atoms. The zero-order valence-corrected chi connectivity index (χ0v) is 17.2. The summed E-state index contributed by atoms with van der Waals surface area (Å²) >= 11 is 2.99. The molecule has 0 unspecified atom stereocenters. The smallest absolute Gasteiger partial charge is 0.328 e. The Morgan fingerprint density at radius 1 is 1.27 bits per heavy atom. The highest BCUT2D eigenvalue weighted by Crippen LogP contribution is 2.31. The van der Waals surface area contributed by atoms with Gasteiger partial charge >= 0.3 is 18.0 Å². The number of aromatic nitrogens is 4. The quantitative estimate of drug-likeness (QED) is 0.491. The number of carbonyl (C=O) groups is 3. The van der Waals surface area contributed by atoms with Crippen LogP contribution in [-0.2, 0) is 16.6 Å². The van der Waals surface area contributed by atoms with Gasteiger partial charge in [-0.1, -0.05) is 5.10 Å². The predicted molar refractivity (Wildman–Crippen MR) is 97.9 cm³/mol. The number of hydrogen-bond donors (Lipinski definition) is 2. The van der Waals surface area contributed by atoms with Crippen molar-refractivity contribution in [3.8, 4) is 0 Å². The zero-order valence-electron chi connectivity index (χ0n) is 15.6. The third-order valence-corrected chi connectivity index (χ3v) is 4.37. The van der Waals surface area contributed by atoms with Crippen molar-refractivity contribution in [1.82, 2.24) is 25.1 Å². The van der Waals surface area contributed by atoms with Gasteiger partial charge in [0.15, 0.2) is 0 Å². The van der Waals surface area contributed by atoms with Gasteiger partial charge < -0.3 is 10.2 Å². The summed E-state index contributed by atoms with van der Waals surface area (Å²) in [6, 6.07) is 0.857. The maximum atomic E-state index is 14.4. The fraction of sp³-hybridized carbons (Fsp3) is 0.333. The van der Waals surface area contributed by atoms with Gasteiger partial charge in [0.2, 0.25) is 5.95 Å². The second-order valence-electron chi connectivity index (χ2n) is 6.03. The predicted octanol–water partition coefficient (Wildman–Crippen LogP) is 1.63. The molecule has 0 fully saturated rings. The van der Waals surface area contributed by atoms with E-state index in [0.717, 1.165) is 17.8 Å². The summed E-state index contributed by atoms with van der Waals surface area (Å²) in [7, 11) is 2.23. The van der Waals surface area contributed by atoms with Crippen LogP contribution in [0.25, 0.3) is 0 Å². The fourth-order valence-electron chi connectivity index (χ4n) is 2.35. The molecule has 2 aromatic rings. The molecule has 0 aliphatic carbocycles. The number of tetrazole rings is 1. The number of likely N-dealkylation sites (N-methyl/N-ethyl adjacent to an activating group) is 1. The van der Waals surface area contributed by atoms with Crippen molar-refractivity contribution >= 4 is 45.3 Å². The van der Waals surface area contributed by atoms with E-state index in [4.69, 9.17) is 0 Å². The lowest BCUT2D eigenvalue weighted by atomic mass is 10.0. The maximum Gasteiger partial charge on any atom is 0.406 e. The van der Waals surface area contributed by atoms with E-state index in [2.05, 4.69) is 42.1 Å². The number of halogens is 5. The fourth-order valence-corrected chi connectivity index (χ4v) is 2.95. The van der Waals surface area contributed by atoms with Crippen LogP contribution in [0.1, 0.15) is 15.9 Å². The molecule has 0 atom stereocenters. The Morgan fingerprint density at radius 3 is 2.43 bits per heavy atom. The van der Waals surface area contributed by atoms with Gasteiger partial charge in [0.05, 0.1) is 11.3 Å². The summed E-state index contributed by atoms with van der Waals surface area (Å²) in [4.78, 5) is 36.6. The van der Waals surface area contributed by atoms with Crippen LogP contribution in [0, 0.1) is 12.7 Å². The molecule has 1 aromatic heterocycles. The minimum absolute atomic E-state index is 0.0333. The Labute approximate surface area is 174 Å². The Morgan fingerprint density at radius 2 is 1.90 bits per heavy atom. The molecule has 2 rings (SSSR count). The topological polar surface area (TPSA) is 122 Å². The van der Waals surface area contributed by atoms with Crippen LogP contribution in [0.15, 0.2) is 10.5 Å². The van der Waals surface area contributed by atoms with Crippen molar-refractivity contribution in [1.29, 1.82) is 0 Å². The first-order valence-corrected chi connectivity index (χ1v) is 8.76. The average molecular weight is 496 g/mol. The average Bonchev–Trinajstić information content (AvgIpc) is 3.00. The Bertz CT molecular complexity index is 1010. The van der Waals surface area contributed by atoms with E-state index in [1.807, 2.05) is 0 Å². The molecule has 0 bridgehead atoms. The number of alkyl halides is 3. The highest BCUT2D eigenvalue weighted by molar-refractivity contribution is 9.10. The lowest BCUT2D eigenvalue weighted by Crippen LogP contribution is -2.42. The molecular weight excluding hydrogens is 482 g/mol. The van der Waals surface area contributed by atoms with Gasteiger partial charge in [-0.25, -0.2) is 9.07 Å². The van der Waals surface area contributed by atoms with Crippen molar-refractivity contribution in [3.05, 3.63) is 27.5 Å². The van der Waals surface area contributed by atoms with E-state index in [1.165, 1.54) is 14.0 Å². The second kappa shape index (κ2) is 8.73. The standard InChI is InChI=1S/C15H14BrF4N7O3/c1-6-9(11(28)22-14-23-24-25-27(14)3)8(17)4-7(16)10(6)21-12(29)13(30)26(2)5-15(18,19)20/h4H,5H2,1-3H3,(H,21,29)(H,22,23,25,28). The molecule has 0 radical (unpaired) electrons. The lowest BCUT2D eigenvalue weighted by molar-refractivity contribution is -0.161. The number of aryl methyl sites for hydroxylation is 1. The van der Waals surface area contributed by atoms with Gasteiger partial charge in [-0.3, -0.25) is 19.7 Å². The van der Waals surface area contributed by atoms with Gasteiger partial charge in [0.1, 0.15) is 12.4 Å². The van der Waals surface area contributed by atoms with Crippen molar-refractivity contribution in [2.24, 2.45) is 7.05 Å². The number of benzene rings is 1. The summed E-state index contributed by atoms with van der Waals surface area (Å²) in [6.45, 7) is -0.362. The third-order valence-electron chi connectivity index (χ3n) is 3.75. The molecule has 10 nitrogen and oxygen atoms in total. The van der Waals surface area contributed by atoms with Gasteiger partial charge in [-0.05, 0) is 44.9 Å². The van der Waals surface area contributed by atoms with Gasteiger partial charge in [0.25, 0.3) is 5.91 Å². The largest absolute Gasteiger partial charge is 0.406 e. The Kier molecular flexibility index (Phi) is 6.74. The maximum absolute atomic E-state index is 14.4. The zero-order chi connectivity index (χ0) is 22.8. The number of amides is 3. The third kappa shape index (κ3) is 5.28. The van der Waals surface area contributed by atoms with E-state index >= 15 is 0 Å². The monoisotopic (exact) mass is 495 g/mol. The SMILES string of the molecule is Cc1c(NC(=O)C(=O)N(C)CC(F)(F)F)c(Br)cc(F)c1C(=O)Nc1nnnn1C. The summed E-state index contributed by atoms with van der Waals surface area (Å²) in [5.74, 6) is -4.88. The summed E-state index contributed by atoms with van der Waals surface area (Å²) in [6.07, 6.45) is -4.70. The molecule has 30 heavy (non-hydrogen) atoms. The van der Waals surface area contributed by atoms with E-state index in [9.17, 15) is 31.9 Å². The highest BCUT2D eigenvalue weighted by atomic mass is 79.9. The van der Waals surface area contributed by atoms with Crippen molar-refractivity contribution in [2.45, 2.75) is 13.1 Å². The number of nitrogens with zero attached hydrogens (tertiary/aromatic N) is 5. The van der Waals surface area contributed by atoms with Crippen LogP contribution >= 0.6 is 15.9 Å². The normalized spacial score (nSPS) is 11.2. The molecule has 0 aliphatic rings. The van der Waals surface area contributed by atoms with E-state index in [1.54, 1.807) is 0 Å². The molecule has 2 N–H and O–H groups in total. The molecule has 1 aromatic carbocycles. The Hall–Kier alpha value is -3.10. The first-order valence-electron chi connectivity index (χ1n) is 7.97. The number of anilines is 2. The van der Waals surface area contributed by atoms with E-state index < -0.39 is 41.8 Å². The Balaban J connectivity index is 2.30. The first kappa shape index (κ1) is 23.2. The molecule has 0 saturated heterocycles. The van der Waals surface area contributed by atoms with Crippen LogP contribution < -0.4 is 10.6 Å². The van der Waals surface area contributed by atoms with Crippen LogP contribution in [-0.4, -0.2) is 62.6 Å². The molecule has 0 saturated carbocycles. The molecular formula is C15H14BrF4N7O3. The van der Waals surface area contributed by atoms with Crippen LogP contribution in [0.4, 0.5) is 29.2 Å². The summed E-state index contributed by atoms with van der Waals surface area (Å²) < 4.78 is 52.8. The van der Waals surface area contributed by atoms with E-state index in [-0.39, 0.29) is 26.6 Å². The molecule has 15 heteroatoms. The van der Waals surface area contributed by atoms with Gasteiger partial charge in [0, 0.05) is 18.6 Å². The van der Waals surface area contributed by atoms with Crippen molar-refractivity contribution in [2.75, 3.05) is 24.2 Å². The molecule has 0 aliphatic heterocycles. The lowest BCUT2D eigenvalue weighted by Gasteiger charge is -2.19. The minimum Gasteiger partial charge on any atom is -0.328 e.